The molecular weight excluding hydrogens is 332 g/mol. The van der Waals surface area contributed by atoms with Crippen molar-refractivity contribution < 1.29 is 19.4 Å². The van der Waals surface area contributed by atoms with Crippen LogP contribution in [-0.2, 0) is 4.79 Å². The summed E-state index contributed by atoms with van der Waals surface area (Å²) in [4.78, 5) is 12.0. The molecule has 6 nitrogen and oxygen atoms in total. The lowest BCUT2D eigenvalue weighted by molar-refractivity contribution is -0.112. The van der Waals surface area contributed by atoms with E-state index in [0.717, 1.165) is 0 Å². The number of benzene rings is 2. The van der Waals surface area contributed by atoms with Crippen LogP contribution < -0.4 is 15.2 Å². The smallest absolute Gasteiger partial charge is 0.250 e. The van der Waals surface area contributed by atoms with E-state index in [1.165, 1.54) is 0 Å². The minimum Gasteiger partial charge on any atom is -0.497 e. The lowest BCUT2D eigenvalue weighted by atomic mass is 9.95. The van der Waals surface area contributed by atoms with Crippen molar-refractivity contribution in [1.29, 1.82) is 5.26 Å². The molecule has 6 heteroatoms. The fourth-order valence-electron chi connectivity index (χ4n) is 2.40. The average Bonchev–Trinajstić information content (AvgIpc) is 2.67. The molecule has 0 aliphatic carbocycles. The van der Waals surface area contributed by atoms with Crippen LogP contribution in [0.1, 0.15) is 17.5 Å². The van der Waals surface area contributed by atoms with Gasteiger partial charge in [0.15, 0.2) is 0 Å². The third kappa shape index (κ3) is 4.62. The van der Waals surface area contributed by atoms with Crippen molar-refractivity contribution in [3.63, 3.8) is 0 Å². The number of aliphatic hydroxyl groups excluding tert-OH is 1. The van der Waals surface area contributed by atoms with Crippen molar-refractivity contribution in [3.05, 3.63) is 59.7 Å². The lowest BCUT2D eigenvalue weighted by Gasteiger charge is -2.10. The SMILES string of the molecule is COc1ccc(C(C#N)=C(C(N)=O)c2ccc(OCCCO)cc2)cc1. The Bertz CT molecular complexity index is 818. The fourth-order valence-corrected chi connectivity index (χ4v) is 2.40. The van der Waals surface area contributed by atoms with Crippen LogP contribution >= 0.6 is 0 Å². The number of nitrogens with zero attached hydrogens (tertiary/aromatic N) is 1. The van der Waals surface area contributed by atoms with Crippen LogP contribution in [0.4, 0.5) is 0 Å². The second kappa shape index (κ2) is 9.25. The third-order valence-electron chi connectivity index (χ3n) is 3.70. The molecule has 0 radical (unpaired) electrons. The molecule has 1 amide bonds. The van der Waals surface area contributed by atoms with Gasteiger partial charge in [0.25, 0.3) is 5.91 Å². The first kappa shape index (κ1) is 19.0. The molecule has 0 bridgehead atoms. The van der Waals surface area contributed by atoms with Crippen molar-refractivity contribution in [2.75, 3.05) is 20.3 Å². The number of hydrogen-bond acceptors (Lipinski definition) is 5. The summed E-state index contributed by atoms with van der Waals surface area (Å²) in [6.45, 7) is 0.448. The van der Waals surface area contributed by atoms with Gasteiger partial charge in [0.1, 0.15) is 17.6 Å². The first-order valence-electron chi connectivity index (χ1n) is 8.03. The molecule has 0 fully saturated rings. The van der Waals surface area contributed by atoms with Gasteiger partial charge in [-0.15, -0.1) is 0 Å². The number of carbonyl (C=O) groups is 1. The maximum absolute atomic E-state index is 12.0. The maximum atomic E-state index is 12.0. The molecular formula is C20H20N2O4. The highest BCUT2D eigenvalue weighted by molar-refractivity contribution is 6.28. The van der Waals surface area contributed by atoms with Crippen molar-refractivity contribution >= 4 is 17.1 Å². The number of aliphatic hydroxyl groups is 1. The van der Waals surface area contributed by atoms with E-state index >= 15 is 0 Å². The highest BCUT2D eigenvalue weighted by Crippen LogP contribution is 2.28. The Morgan fingerprint density at radius 3 is 2.15 bits per heavy atom. The molecule has 134 valence electrons. The Morgan fingerprint density at radius 2 is 1.65 bits per heavy atom. The zero-order valence-corrected chi connectivity index (χ0v) is 14.4. The van der Waals surface area contributed by atoms with Crippen LogP contribution in [-0.4, -0.2) is 31.3 Å². The van der Waals surface area contributed by atoms with E-state index in [1.807, 2.05) is 0 Å². The minimum atomic E-state index is -0.689. The first-order chi connectivity index (χ1) is 12.6. The lowest BCUT2D eigenvalue weighted by Crippen LogP contribution is -2.14. The zero-order chi connectivity index (χ0) is 18.9. The second-order valence-corrected chi connectivity index (χ2v) is 5.40. The van der Waals surface area contributed by atoms with Crippen LogP contribution in [0.25, 0.3) is 11.1 Å². The van der Waals surface area contributed by atoms with Gasteiger partial charge in [0.2, 0.25) is 0 Å². The Hall–Kier alpha value is -3.30. The highest BCUT2D eigenvalue weighted by atomic mass is 16.5. The van der Waals surface area contributed by atoms with Gasteiger partial charge in [0.05, 0.1) is 24.9 Å². The van der Waals surface area contributed by atoms with Gasteiger partial charge in [-0.3, -0.25) is 4.79 Å². The largest absolute Gasteiger partial charge is 0.497 e. The summed E-state index contributed by atoms with van der Waals surface area (Å²) in [7, 11) is 1.55. The number of rotatable bonds is 8. The molecule has 0 heterocycles. The zero-order valence-electron chi connectivity index (χ0n) is 14.4. The molecule has 2 rings (SSSR count). The predicted octanol–water partition coefficient (Wildman–Crippen LogP) is 2.38. The summed E-state index contributed by atoms with van der Waals surface area (Å²) in [6.07, 6.45) is 0.532. The Balaban J connectivity index is 2.40. The molecule has 0 saturated carbocycles. The standard InChI is InChI=1S/C20H20N2O4/c1-25-16-7-3-14(4-8-16)18(13-21)19(20(22)24)15-5-9-17(10-6-15)26-12-2-11-23/h3-10,23H,2,11-12H2,1H3,(H2,22,24). The van der Waals surface area contributed by atoms with E-state index in [2.05, 4.69) is 6.07 Å². The molecule has 26 heavy (non-hydrogen) atoms. The van der Waals surface area contributed by atoms with Crippen LogP contribution in [0.2, 0.25) is 0 Å². The molecule has 0 aliphatic rings. The summed E-state index contributed by atoms with van der Waals surface area (Å²) < 4.78 is 10.6. The molecule has 2 aromatic rings. The van der Waals surface area contributed by atoms with E-state index < -0.39 is 5.91 Å². The van der Waals surface area contributed by atoms with E-state index in [9.17, 15) is 10.1 Å². The Labute approximate surface area is 152 Å². The monoisotopic (exact) mass is 352 g/mol. The summed E-state index contributed by atoms with van der Waals surface area (Å²) in [5.74, 6) is 0.566. The predicted molar refractivity (Wildman–Crippen MR) is 98.3 cm³/mol. The number of nitriles is 1. The van der Waals surface area contributed by atoms with E-state index in [1.54, 1.807) is 55.6 Å². The minimum absolute atomic E-state index is 0.0556. The van der Waals surface area contributed by atoms with E-state index in [4.69, 9.17) is 20.3 Å². The Kier molecular flexibility index (Phi) is 6.77. The van der Waals surface area contributed by atoms with Gasteiger partial charge in [-0.05, 0) is 47.5 Å². The number of ether oxygens (including phenoxy) is 2. The number of primary amides is 1. The molecule has 0 aliphatic heterocycles. The summed E-state index contributed by atoms with van der Waals surface area (Å²) in [5, 5.41) is 18.4. The summed E-state index contributed by atoms with van der Waals surface area (Å²) >= 11 is 0. The van der Waals surface area contributed by atoms with Gasteiger partial charge in [-0.1, -0.05) is 12.1 Å². The number of carbonyl (C=O) groups excluding carboxylic acids is 1. The second-order valence-electron chi connectivity index (χ2n) is 5.40. The van der Waals surface area contributed by atoms with Gasteiger partial charge in [-0.25, -0.2) is 0 Å². The number of methoxy groups -OCH3 is 1. The summed E-state index contributed by atoms with van der Waals surface area (Å²) in [6, 6.07) is 15.6. The quantitative estimate of drug-likeness (QED) is 0.328. The van der Waals surface area contributed by atoms with Crippen LogP contribution in [0, 0.1) is 11.3 Å². The topological polar surface area (TPSA) is 106 Å². The van der Waals surface area contributed by atoms with Crippen molar-refractivity contribution in [3.8, 4) is 17.6 Å². The molecule has 0 atom stereocenters. The van der Waals surface area contributed by atoms with Crippen molar-refractivity contribution in [1.82, 2.24) is 0 Å². The van der Waals surface area contributed by atoms with Crippen LogP contribution in [0.5, 0.6) is 11.5 Å². The highest BCUT2D eigenvalue weighted by Gasteiger charge is 2.17. The molecule has 0 unspecified atom stereocenters. The molecule has 0 saturated heterocycles. The van der Waals surface area contributed by atoms with Crippen molar-refractivity contribution in [2.24, 2.45) is 5.73 Å². The van der Waals surface area contributed by atoms with Gasteiger partial charge in [-0.2, -0.15) is 5.26 Å². The van der Waals surface area contributed by atoms with Gasteiger partial charge < -0.3 is 20.3 Å². The van der Waals surface area contributed by atoms with Gasteiger partial charge >= 0.3 is 0 Å². The van der Waals surface area contributed by atoms with Crippen molar-refractivity contribution in [2.45, 2.75) is 6.42 Å². The molecule has 3 N–H and O–H groups in total. The van der Waals surface area contributed by atoms with Gasteiger partial charge in [0, 0.05) is 13.0 Å². The first-order valence-corrected chi connectivity index (χ1v) is 8.03. The average molecular weight is 352 g/mol. The van der Waals surface area contributed by atoms with Crippen LogP contribution in [0.3, 0.4) is 0 Å². The van der Waals surface area contributed by atoms with Crippen LogP contribution in [0.15, 0.2) is 48.5 Å². The third-order valence-corrected chi connectivity index (χ3v) is 3.70. The number of amides is 1. The maximum Gasteiger partial charge on any atom is 0.250 e. The normalized spacial score (nSPS) is 11.3. The number of hydrogen-bond donors (Lipinski definition) is 2. The fraction of sp³-hybridized carbons (Fsp3) is 0.200. The molecule has 0 aromatic heterocycles. The number of allylic oxidation sites excluding steroid dienone is 1. The molecule has 0 spiro atoms. The number of nitrogens with two attached hydrogens (primary N) is 1. The van der Waals surface area contributed by atoms with E-state index in [-0.39, 0.29) is 17.8 Å². The summed E-state index contributed by atoms with van der Waals surface area (Å²) in [5.41, 5.74) is 6.97. The van der Waals surface area contributed by atoms with E-state index in [0.29, 0.717) is 35.7 Å². The molecule has 2 aromatic carbocycles. The Morgan fingerprint density at radius 1 is 1.08 bits per heavy atom.